The Morgan fingerprint density at radius 3 is 2.76 bits per heavy atom. The first-order valence-electron chi connectivity index (χ1n) is 12.6. The van der Waals surface area contributed by atoms with Crippen LogP contribution in [0.2, 0.25) is 0 Å². The average molecular weight is 544 g/mol. The number of rotatable bonds is 9. The molecule has 0 amide bonds. The van der Waals surface area contributed by atoms with Gasteiger partial charge in [0.15, 0.2) is 0 Å². The molecule has 2 atom stereocenters. The van der Waals surface area contributed by atoms with E-state index in [-0.39, 0.29) is 24.0 Å². The van der Waals surface area contributed by atoms with E-state index in [1.807, 2.05) is 55.1 Å². The van der Waals surface area contributed by atoms with Crippen molar-refractivity contribution in [1.82, 2.24) is 19.8 Å². The number of benzene rings is 2. The summed E-state index contributed by atoms with van der Waals surface area (Å²) in [5, 5.41) is 20.1. The first-order chi connectivity index (χ1) is 17.7. The third kappa shape index (κ3) is 5.96. The Balaban J connectivity index is 1.31. The number of nitrogen functional groups attached to an aromatic ring is 1. The number of nitrogens with zero attached hydrogens (tertiary/aromatic N) is 3. The van der Waals surface area contributed by atoms with Crippen LogP contribution in [0.5, 0.6) is 5.75 Å². The number of hydrogen-bond donors (Lipinski definition) is 3. The number of anilines is 1. The molecule has 0 spiro atoms. The molecule has 37 heavy (non-hydrogen) atoms. The first-order valence-corrected chi connectivity index (χ1v) is 15.1. The number of fused-ring (bicyclic) bond motifs is 1. The Hall–Kier alpha value is -2.57. The molecule has 1 unspecified atom stereocenters. The van der Waals surface area contributed by atoms with E-state index in [4.69, 9.17) is 10.5 Å². The van der Waals surface area contributed by atoms with Gasteiger partial charge in [-0.15, -0.1) is 10.2 Å². The molecule has 0 saturated carbocycles. The lowest BCUT2D eigenvalue weighted by molar-refractivity contribution is 0.178. The van der Waals surface area contributed by atoms with Crippen molar-refractivity contribution in [3.05, 3.63) is 47.5 Å². The Morgan fingerprint density at radius 1 is 1.22 bits per heavy atom. The molecule has 1 aromatic heterocycles. The van der Waals surface area contributed by atoms with E-state index < -0.39 is 10.0 Å². The number of β-amino-alcohol motifs (C(OH)–C–C–N with tert-alkyl or cyclic N) is 1. The molecule has 0 bridgehead atoms. The van der Waals surface area contributed by atoms with Crippen LogP contribution < -0.4 is 15.2 Å². The van der Waals surface area contributed by atoms with Gasteiger partial charge in [-0.1, -0.05) is 29.5 Å². The van der Waals surface area contributed by atoms with Crippen LogP contribution in [0.1, 0.15) is 43.9 Å². The Labute approximate surface area is 221 Å². The predicted molar refractivity (Wildman–Crippen MR) is 146 cm³/mol. The highest BCUT2D eigenvalue weighted by Gasteiger charge is 2.30. The maximum atomic E-state index is 12.8. The number of sulfonamides is 1. The molecular weight excluding hydrogens is 510 g/mol. The summed E-state index contributed by atoms with van der Waals surface area (Å²) >= 11 is 1.49. The van der Waals surface area contributed by atoms with Gasteiger partial charge in [0.2, 0.25) is 10.0 Å². The smallest absolute Gasteiger partial charge is 0.213 e. The fraction of sp³-hybridized carbons (Fsp3) is 0.462. The van der Waals surface area contributed by atoms with Crippen molar-refractivity contribution in [1.29, 1.82) is 0 Å². The molecule has 0 radical (unpaired) electrons. The van der Waals surface area contributed by atoms with Gasteiger partial charge in [0.05, 0.1) is 23.6 Å². The minimum Gasteiger partial charge on any atom is -0.489 e. The van der Waals surface area contributed by atoms with E-state index in [1.165, 1.54) is 11.3 Å². The first kappa shape index (κ1) is 26.1. The van der Waals surface area contributed by atoms with Gasteiger partial charge in [-0.05, 0) is 62.4 Å². The molecule has 2 heterocycles. The number of aromatic nitrogens is 2. The largest absolute Gasteiger partial charge is 0.489 e. The van der Waals surface area contributed by atoms with E-state index in [0.29, 0.717) is 37.4 Å². The van der Waals surface area contributed by atoms with E-state index in [9.17, 15) is 13.5 Å². The molecule has 198 valence electrons. The van der Waals surface area contributed by atoms with Gasteiger partial charge >= 0.3 is 0 Å². The highest BCUT2D eigenvalue weighted by atomic mass is 32.2. The summed E-state index contributed by atoms with van der Waals surface area (Å²) in [4.78, 5) is 2.00. The zero-order valence-electron chi connectivity index (χ0n) is 21.1. The lowest BCUT2D eigenvalue weighted by atomic mass is 10.0. The topological polar surface area (TPSA) is 131 Å². The van der Waals surface area contributed by atoms with Crippen molar-refractivity contribution in [2.45, 2.75) is 51.4 Å². The standard InChI is InChI=1S/C26H33N5O4S2/c1-16(2)35-24-9-6-17(14-22(24)27)25-28-29-26(36-25)21-5-3-4-20-19(21)7-8-23(20)30-37(33,34)13-12-31-11-10-18(32)15-31/h3-6,9,14,16,18,23,30,32H,7-8,10-13,15,27H2,1-2H3/t18-,23?/m0/s1. The molecule has 2 aromatic carbocycles. The maximum Gasteiger partial charge on any atom is 0.213 e. The van der Waals surface area contributed by atoms with Crippen molar-refractivity contribution >= 4 is 27.0 Å². The van der Waals surface area contributed by atoms with Crippen LogP contribution in [-0.4, -0.2) is 66.2 Å². The second kappa shape index (κ2) is 10.7. The van der Waals surface area contributed by atoms with E-state index in [1.54, 1.807) is 0 Å². The molecule has 2 aliphatic rings. The summed E-state index contributed by atoms with van der Waals surface area (Å²) < 4.78 is 34.3. The summed E-state index contributed by atoms with van der Waals surface area (Å²) in [6, 6.07) is 11.3. The minimum absolute atomic E-state index is 0.0229. The summed E-state index contributed by atoms with van der Waals surface area (Å²) in [6.07, 6.45) is 1.85. The number of hydrogen-bond acceptors (Lipinski definition) is 9. The number of nitrogens with two attached hydrogens (primary N) is 1. The highest BCUT2D eigenvalue weighted by Crippen LogP contribution is 2.40. The van der Waals surface area contributed by atoms with Gasteiger partial charge < -0.3 is 15.6 Å². The SMILES string of the molecule is CC(C)Oc1ccc(-c2nnc(-c3cccc4c3CCC4NS(=O)(=O)CCN3CC[C@H](O)C3)s2)cc1N. The zero-order chi connectivity index (χ0) is 26.2. The van der Waals surface area contributed by atoms with Gasteiger partial charge in [0, 0.05) is 36.8 Å². The van der Waals surface area contributed by atoms with Crippen LogP contribution >= 0.6 is 11.3 Å². The third-order valence-electron chi connectivity index (χ3n) is 6.79. The van der Waals surface area contributed by atoms with Gasteiger partial charge in [0.25, 0.3) is 0 Å². The zero-order valence-corrected chi connectivity index (χ0v) is 22.7. The Kier molecular flexibility index (Phi) is 7.51. The van der Waals surface area contributed by atoms with E-state index in [2.05, 4.69) is 14.9 Å². The molecule has 9 nitrogen and oxygen atoms in total. The second-order valence-electron chi connectivity index (χ2n) is 9.98. The van der Waals surface area contributed by atoms with Crippen molar-refractivity contribution in [2.75, 3.05) is 31.1 Å². The number of aliphatic hydroxyl groups is 1. The summed E-state index contributed by atoms with van der Waals surface area (Å²) in [5.41, 5.74) is 10.7. The molecule has 1 saturated heterocycles. The normalized spacial score (nSPS) is 20.0. The van der Waals surface area contributed by atoms with E-state index in [0.717, 1.165) is 45.2 Å². The number of aliphatic hydroxyl groups excluding tert-OH is 1. The fourth-order valence-electron chi connectivity index (χ4n) is 5.01. The minimum atomic E-state index is -3.46. The van der Waals surface area contributed by atoms with Gasteiger partial charge in [-0.2, -0.15) is 0 Å². The van der Waals surface area contributed by atoms with Crippen LogP contribution in [-0.2, 0) is 16.4 Å². The summed E-state index contributed by atoms with van der Waals surface area (Å²) in [7, 11) is -3.46. The highest BCUT2D eigenvalue weighted by molar-refractivity contribution is 7.89. The summed E-state index contributed by atoms with van der Waals surface area (Å²) in [5.74, 6) is 0.672. The molecule has 5 rings (SSSR count). The third-order valence-corrected chi connectivity index (χ3v) is 9.16. The Morgan fingerprint density at radius 2 is 2.03 bits per heavy atom. The summed E-state index contributed by atoms with van der Waals surface area (Å²) in [6.45, 7) is 5.61. The molecule has 3 aromatic rings. The van der Waals surface area contributed by atoms with E-state index >= 15 is 0 Å². The van der Waals surface area contributed by atoms with Crippen LogP contribution in [0.15, 0.2) is 36.4 Å². The number of ether oxygens (including phenoxy) is 1. The van der Waals surface area contributed by atoms with Crippen molar-refractivity contribution in [3.63, 3.8) is 0 Å². The predicted octanol–water partition coefficient (Wildman–Crippen LogP) is 3.21. The van der Waals surface area contributed by atoms with Gasteiger partial charge in [0.1, 0.15) is 15.8 Å². The fourth-order valence-corrected chi connectivity index (χ4v) is 7.20. The van der Waals surface area contributed by atoms with Crippen LogP contribution in [0.3, 0.4) is 0 Å². The van der Waals surface area contributed by atoms with Crippen molar-refractivity contribution < 1.29 is 18.3 Å². The Bertz CT molecular complexity index is 1380. The average Bonchev–Trinajstić information content (AvgIpc) is 3.59. The number of nitrogens with one attached hydrogen (secondary N) is 1. The maximum absolute atomic E-state index is 12.8. The monoisotopic (exact) mass is 543 g/mol. The molecule has 1 aliphatic heterocycles. The van der Waals surface area contributed by atoms with Crippen LogP contribution in [0.4, 0.5) is 5.69 Å². The molecule has 1 fully saturated rings. The lowest BCUT2D eigenvalue weighted by Crippen LogP contribution is -2.35. The molecule has 11 heteroatoms. The molecule has 4 N–H and O–H groups in total. The van der Waals surface area contributed by atoms with Crippen molar-refractivity contribution in [2.24, 2.45) is 0 Å². The van der Waals surface area contributed by atoms with Gasteiger partial charge in [-0.25, -0.2) is 13.1 Å². The molecular formula is C26H33N5O4S2. The molecule has 1 aliphatic carbocycles. The quantitative estimate of drug-likeness (QED) is 0.351. The van der Waals surface area contributed by atoms with Gasteiger partial charge in [-0.3, -0.25) is 4.90 Å². The van der Waals surface area contributed by atoms with Crippen LogP contribution in [0.25, 0.3) is 21.1 Å². The number of likely N-dealkylation sites (tertiary alicyclic amines) is 1. The van der Waals surface area contributed by atoms with Crippen molar-refractivity contribution in [3.8, 4) is 26.9 Å². The van der Waals surface area contributed by atoms with Crippen LogP contribution in [0, 0.1) is 0 Å². The second-order valence-corrected chi connectivity index (χ2v) is 12.8. The lowest BCUT2D eigenvalue weighted by Gasteiger charge is -2.18.